The number of carbonyl (C=O) groups excluding carboxylic acids is 1. The Hall–Kier alpha value is -3.60. The molecule has 0 radical (unpaired) electrons. The van der Waals surface area contributed by atoms with E-state index < -0.39 is 7.60 Å². The van der Waals surface area contributed by atoms with Crippen molar-refractivity contribution < 1.29 is 37.4 Å². The lowest BCUT2D eigenvalue weighted by atomic mass is 9.99. The third kappa shape index (κ3) is 11.0. The number of aromatic nitrogens is 2. The molecule has 4 rings (SSSR count). The van der Waals surface area contributed by atoms with Crippen LogP contribution in [0.4, 0.5) is 5.82 Å². The second kappa shape index (κ2) is 18.8. The van der Waals surface area contributed by atoms with Crippen molar-refractivity contribution in [2.75, 3.05) is 64.8 Å². The van der Waals surface area contributed by atoms with E-state index in [1.165, 1.54) is 5.56 Å². The number of fused-ring (bicyclic) bond motifs is 3. The van der Waals surface area contributed by atoms with E-state index >= 15 is 0 Å². The maximum absolute atomic E-state index is 12.4. The summed E-state index contributed by atoms with van der Waals surface area (Å²) in [6, 6.07) is 14.3. The Labute approximate surface area is 283 Å². The van der Waals surface area contributed by atoms with Crippen LogP contribution in [0.2, 0.25) is 0 Å². The number of esters is 1. The number of rotatable bonds is 21. The Bertz CT molecular complexity index is 1690. The Morgan fingerprint density at radius 2 is 1.56 bits per heavy atom. The fourth-order valence-electron chi connectivity index (χ4n) is 5.36. The minimum atomic E-state index is -3.08. The van der Waals surface area contributed by atoms with Crippen molar-refractivity contribution in [2.45, 2.75) is 53.4 Å². The summed E-state index contributed by atoms with van der Waals surface area (Å²) in [6.07, 6.45) is 4.67. The average molecular weight is 682 g/mol. The molecule has 0 fully saturated rings. The molecular weight excluding hydrogens is 633 g/mol. The van der Waals surface area contributed by atoms with E-state index in [1.54, 1.807) is 20.8 Å². The highest BCUT2D eigenvalue weighted by Crippen LogP contribution is 2.47. The van der Waals surface area contributed by atoms with Gasteiger partial charge in [-0.3, -0.25) is 14.3 Å². The van der Waals surface area contributed by atoms with Gasteiger partial charge in [-0.05, 0) is 93.5 Å². The first-order valence-electron chi connectivity index (χ1n) is 16.6. The van der Waals surface area contributed by atoms with Crippen molar-refractivity contribution in [3.8, 4) is 5.75 Å². The van der Waals surface area contributed by atoms with E-state index in [1.807, 2.05) is 36.5 Å². The van der Waals surface area contributed by atoms with Crippen LogP contribution >= 0.6 is 7.60 Å². The van der Waals surface area contributed by atoms with Crippen LogP contribution in [0.5, 0.6) is 5.75 Å². The molecule has 0 saturated carbocycles. The van der Waals surface area contributed by atoms with E-state index in [0.29, 0.717) is 70.4 Å². The van der Waals surface area contributed by atoms with Gasteiger partial charge in [0.2, 0.25) is 0 Å². The number of ether oxygens (including phenoxy) is 4. The SMILES string of the molecule is CCOC(=O)CCc1ccc2c(c1)nc(N)c1ncc(CCc3ccc(OCCOCCOCCP(=O)(OCC)OCC)cc3C)cc12. The van der Waals surface area contributed by atoms with Gasteiger partial charge in [-0.25, -0.2) is 4.98 Å². The molecule has 0 aliphatic rings. The van der Waals surface area contributed by atoms with Crippen LogP contribution in [0.15, 0.2) is 48.7 Å². The first-order chi connectivity index (χ1) is 23.2. The second-order valence-electron chi connectivity index (χ2n) is 11.2. The van der Waals surface area contributed by atoms with E-state index in [-0.39, 0.29) is 18.7 Å². The minimum Gasteiger partial charge on any atom is -0.491 e. The third-order valence-corrected chi connectivity index (χ3v) is 9.76. The molecule has 0 unspecified atom stereocenters. The smallest absolute Gasteiger partial charge is 0.332 e. The number of hydrogen-bond acceptors (Lipinski definition) is 11. The summed E-state index contributed by atoms with van der Waals surface area (Å²) in [5, 5.41) is 1.95. The summed E-state index contributed by atoms with van der Waals surface area (Å²) in [6.45, 7) is 10.5. The van der Waals surface area contributed by atoms with Crippen LogP contribution < -0.4 is 10.5 Å². The van der Waals surface area contributed by atoms with Crippen molar-refractivity contribution in [1.29, 1.82) is 0 Å². The first kappa shape index (κ1) is 37.2. The molecule has 0 atom stereocenters. The topological polar surface area (TPSA) is 141 Å². The molecule has 0 amide bonds. The van der Waals surface area contributed by atoms with Crippen molar-refractivity contribution in [2.24, 2.45) is 0 Å². The molecule has 0 bridgehead atoms. The number of nitrogen functional groups attached to an aromatic ring is 1. The van der Waals surface area contributed by atoms with E-state index in [9.17, 15) is 9.36 Å². The fourth-order valence-corrected chi connectivity index (χ4v) is 6.84. The molecule has 11 nitrogen and oxygen atoms in total. The number of carbonyl (C=O) groups is 1. The number of hydrogen-bond donors (Lipinski definition) is 1. The summed E-state index contributed by atoms with van der Waals surface area (Å²) in [7, 11) is -3.08. The second-order valence-corrected chi connectivity index (χ2v) is 13.4. The van der Waals surface area contributed by atoms with Gasteiger partial charge in [0.15, 0.2) is 5.82 Å². The van der Waals surface area contributed by atoms with Gasteiger partial charge >= 0.3 is 13.6 Å². The summed E-state index contributed by atoms with van der Waals surface area (Å²) in [4.78, 5) is 21.1. The van der Waals surface area contributed by atoms with Crippen LogP contribution in [-0.4, -0.2) is 75.0 Å². The minimum absolute atomic E-state index is 0.206. The molecule has 12 heteroatoms. The molecule has 0 saturated heterocycles. The summed E-state index contributed by atoms with van der Waals surface area (Å²) < 4.78 is 45.0. The van der Waals surface area contributed by atoms with Crippen molar-refractivity contribution in [1.82, 2.24) is 9.97 Å². The molecule has 2 aromatic carbocycles. The van der Waals surface area contributed by atoms with Crippen LogP contribution in [-0.2, 0) is 51.9 Å². The quantitative estimate of drug-likeness (QED) is 0.0438. The number of benzene rings is 2. The van der Waals surface area contributed by atoms with Gasteiger partial charge in [0.25, 0.3) is 0 Å². The molecule has 4 aromatic rings. The molecule has 0 aliphatic carbocycles. The molecule has 2 N–H and O–H groups in total. The Morgan fingerprint density at radius 3 is 2.29 bits per heavy atom. The zero-order chi connectivity index (χ0) is 34.4. The van der Waals surface area contributed by atoms with Gasteiger partial charge in [0.05, 0.1) is 57.9 Å². The summed E-state index contributed by atoms with van der Waals surface area (Å²) >= 11 is 0. The zero-order valence-corrected chi connectivity index (χ0v) is 29.4. The largest absolute Gasteiger partial charge is 0.491 e. The van der Waals surface area contributed by atoms with Crippen molar-refractivity contribution in [3.63, 3.8) is 0 Å². The maximum atomic E-state index is 12.4. The normalized spacial score (nSPS) is 11.8. The Kier molecular flexibility index (Phi) is 14.6. The lowest BCUT2D eigenvalue weighted by molar-refractivity contribution is -0.143. The van der Waals surface area contributed by atoms with Crippen LogP contribution in [0, 0.1) is 6.92 Å². The van der Waals surface area contributed by atoms with Crippen molar-refractivity contribution in [3.05, 3.63) is 70.9 Å². The number of pyridine rings is 2. The van der Waals surface area contributed by atoms with Crippen molar-refractivity contribution >= 4 is 41.2 Å². The molecule has 2 heterocycles. The van der Waals surface area contributed by atoms with E-state index in [0.717, 1.165) is 51.6 Å². The predicted molar refractivity (Wildman–Crippen MR) is 188 cm³/mol. The number of nitrogens with two attached hydrogens (primary N) is 1. The highest BCUT2D eigenvalue weighted by atomic mass is 31.2. The average Bonchev–Trinajstić information content (AvgIpc) is 3.06. The molecule has 0 spiro atoms. The highest BCUT2D eigenvalue weighted by Gasteiger charge is 2.22. The van der Waals surface area contributed by atoms with Gasteiger partial charge in [0, 0.05) is 23.4 Å². The van der Waals surface area contributed by atoms with Gasteiger partial charge in [-0.15, -0.1) is 0 Å². The Balaban J connectivity index is 1.24. The summed E-state index contributed by atoms with van der Waals surface area (Å²) in [5.41, 5.74) is 12.3. The summed E-state index contributed by atoms with van der Waals surface area (Å²) in [5.74, 6) is 0.977. The number of anilines is 1. The van der Waals surface area contributed by atoms with Gasteiger partial charge < -0.3 is 33.7 Å². The van der Waals surface area contributed by atoms with E-state index in [4.69, 9.17) is 33.7 Å². The molecule has 0 aliphatic heterocycles. The lowest BCUT2D eigenvalue weighted by Crippen LogP contribution is -2.13. The zero-order valence-electron chi connectivity index (χ0n) is 28.5. The van der Waals surface area contributed by atoms with Crippen LogP contribution in [0.25, 0.3) is 21.8 Å². The fraction of sp³-hybridized carbons (Fsp3) is 0.472. The van der Waals surface area contributed by atoms with E-state index in [2.05, 4.69) is 29.0 Å². The first-order valence-corrected chi connectivity index (χ1v) is 18.4. The molecule has 260 valence electrons. The predicted octanol–water partition coefficient (Wildman–Crippen LogP) is 6.63. The highest BCUT2D eigenvalue weighted by molar-refractivity contribution is 7.53. The van der Waals surface area contributed by atoms with Gasteiger partial charge in [-0.2, -0.15) is 0 Å². The van der Waals surface area contributed by atoms with Crippen LogP contribution in [0.3, 0.4) is 0 Å². The molecule has 48 heavy (non-hydrogen) atoms. The molecular formula is C36H48N3O8P. The van der Waals surface area contributed by atoms with Crippen LogP contribution in [0.1, 0.15) is 49.4 Å². The lowest BCUT2D eigenvalue weighted by Gasteiger charge is -2.16. The number of aryl methyl sites for hydroxylation is 4. The van der Waals surface area contributed by atoms with Gasteiger partial charge in [0.1, 0.15) is 17.9 Å². The number of nitrogens with zero attached hydrogens (tertiary/aromatic N) is 2. The Morgan fingerprint density at radius 1 is 0.812 bits per heavy atom. The molecule has 2 aromatic heterocycles. The van der Waals surface area contributed by atoms with Gasteiger partial charge in [-0.1, -0.05) is 18.2 Å². The maximum Gasteiger partial charge on any atom is 0.332 e. The third-order valence-electron chi connectivity index (χ3n) is 7.73. The monoisotopic (exact) mass is 681 g/mol. The standard InChI is InChI=1S/C36H48N3O8P/c1-5-44-34(40)15-10-27-9-14-31-32-23-28(25-38-35(32)36(37)39-33(31)24-27)8-11-29-12-13-30(22-26(29)4)45-19-18-42-16-17-43-20-21-48(41,46-6-2)47-7-3/h9,12-14,22-25H,5-8,10-11,15-21H2,1-4H3,(H2,37,39).